The van der Waals surface area contributed by atoms with Gasteiger partial charge in [-0.3, -0.25) is 4.79 Å². The second-order valence-corrected chi connectivity index (χ2v) is 7.26. The lowest BCUT2D eigenvalue weighted by molar-refractivity contribution is -0.144. The molecule has 0 bridgehead atoms. The summed E-state index contributed by atoms with van der Waals surface area (Å²) in [6.45, 7) is 3.90. The number of nitrogens with one attached hydrogen (secondary N) is 1. The maximum Gasteiger partial charge on any atom is 0.449 e. The summed E-state index contributed by atoms with van der Waals surface area (Å²) in [6, 6.07) is 4.40. The fourth-order valence-corrected chi connectivity index (χ4v) is 3.81. The number of amides is 1. The van der Waals surface area contributed by atoms with Gasteiger partial charge in [0, 0.05) is 18.7 Å². The number of aromatic nitrogens is 2. The van der Waals surface area contributed by atoms with Gasteiger partial charge in [-0.25, -0.2) is 4.98 Å². The highest BCUT2D eigenvalue weighted by molar-refractivity contribution is 5.97. The number of H-pyrrole nitrogens is 1. The standard InChI is InChI=1S/C19H20F3N3O2/c1-12-4-9-27-18(11-12)5-7-25(8-6-18)16(26)13-2-3-14-15(10-13)24-17(23-14)19(20,21)22/h2-3,10-11H,4-9H2,1H3,(H,23,24). The molecular formula is C19H20F3N3O2. The minimum absolute atomic E-state index is 0.188. The van der Waals surface area contributed by atoms with Crippen LogP contribution in [-0.4, -0.2) is 46.1 Å². The van der Waals surface area contributed by atoms with Crippen LogP contribution >= 0.6 is 0 Å². The highest BCUT2D eigenvalue weighted by atomic mass is 19.4. The van der Waals surface area contributed by atoms with Crippen LogP contribution in [-0.2, 0) is 10.9 Å². The fraction of sp³-hybridized carbons (Fsp3) is 0.474. The van der Waals surface area contributed by atoms with Gasteiger partial charge in [-0.1, -0.05) is 11.6 Å². The zero-order chi connectivity index (χ0) is 19.2. The van der Waals surface area contributed by atoms with Crippen LogP contribution in [0.25, 0.3) is 11.0 Å². The summed E-state index contributed by atoms with van der Waals surface area (Å²) in [5, 5.41) is 0. The number of halogens is 3. The molecule has 0 unspecified atom stereocenters. The van der Waals surface area contributed by atoms with E-state index < -0.39 is 12.0 Å². The lowest BCUT2D eigenvalue weighted by atomic mass is 9.87. The third-order valence-corrected chi connectivity index (χ3v) is 5.29. The second kappa shape index (κ2) is 6.37. The van der Waals surface area contributed by atoms with E-state index in [-0.39, 0.29) is 22.5 Å². The van der Waals surface area contributed by atoms with Gasteiger partial charge >= 0.3 is 6.18 Å². The molecule has 1 fully saturated rings. The van der Waals surface area contributed by atoms with Crippen LogP contribution in [0.5, 0.6) is 0 Å². The number of ether oxygens (including phenoxy) is 1. The molecule has 3 heterocycles. The number of likely N-dealkylation sites (tertiary alicyclic amines) is 1. The summed E-state index contributed by atoms with van der Waals surface area (Å²) in [5.41, 5.74) is 1.77. The van der Waals surface area contributed by atoms with Crippen molar-refractivity contribution in [1.29, 1.82) is 0 Å². The van der Waals surface area contributed by atoms with E-state index in [1.807, 2.05) is 0 Å². The molecule has 0 radical (unpaired) electrons. The van der Waals surface area contributed by atoms with Crippen LogP contribution in [0.4, 0.5) is 13.2 Å². The third kappa shape index (κ3) is 3.45. The first-order valence-corrected chi connectivity index (χ1v) is 8.94. The minimum Gasteiger partial charge on any atom is -0.370 e. The quantitative estimate of drug-likeness (QED) is 0.764. The molecule has 1 saturated heterocycles. The Morgan fingerprint density at radius 3 is 2.70 bits per heavy atom. The van der Waals surface area contributed by atoms with Crippen LogP contribution in [0, 0.1) is 0 Å². The summed E-state index contributed by atoms with van der Waals surface area (Å²) in [4.78, 5) is 20.3. The number of nitrogens with zero attached hydrogens (tertiary/aromatic N) is 2. The maximum atomic E-state index is 12.8. The van der Waals surface area contributed by atoms with Crippen LogP contribution in [0.3, 0.4) is 0 Å². The molecule has 4 rings (SSSR count). The fourth-order valence-electron chi connectivity index (χ4n) is 3.81. The number of fused-ring (bicyclic) bond motifs is 1. The van der Waals surface area contributed by atoms with Gasteiger partial charge in [0.15, 0.2) is 0 Å². The predicted molar refractivity (Wildman–Crippen MR) is 93.3 cm³/mol. The molecule has 0 aliphatic carbocycles. The normalized spacial score (nSPS) is 20.1. The number of hydrogen-bond donors (Lipinski definition) is 1. The van der Waals surface area contributed by atoms with E-state index in [0.717, 1.165) is 19.3 Å². The van der Waals surface area contributed by atoms with E-state index in [1.165, 1.54) is 23.8 Å². The predicted octanol–water partition coefficient (Wildman–Crippen LogP) is 3.92. The number of hydrogen-bond acceptors (Lipinski definition) is 3. The first kappa shape index (κ1) is 18.0. The van der Waals surface area contributed by atoms with Crippen molar-refractivity contribution in [2.24, 2.45) is 0 Å². The van der Waals surface area contributed by atoms with E-state index in [0.29, 0.717) is 25.3 Å². The summed E-state index contributed by atoms with van der Waals surface area (Å²) in [6.07, 6.45) is 0.0133. The number of aromatic amines is 1. The van der Waals surface area contributed by atoms with E-state index in [1.54, 1.807) is 4.90 Å². The molecule has 2 aliphatic rings. The van der Waals surface area contributed by atoms with Crippen molar-refractivity contribution in [1.82, 2.24) is 14.9 Å². The Morgan fingerprint density at radius 2 is 2.04 bits per heavy atom. The Bertz CT molecular complexity index is 909. The van der Waals surface area contributed by atoms with Crippen molar-refractivity contribution >= 4 is 16.9 Å². The molecule has 1 aromatic carbocycles. The summed E-state index contributed by atoms with van der Waals surface area (Å²) < 4.78 is 44.3. The van der Waals surface area contributed by atoms with Crippen molar-refractivity contribution in [3.63, 3.8) is 0 Å². The van der Waals surface area contributed by atoms with Gasteiger partial charge in [-0.15, -0.1) is 0 Å². The molecule has 8 heteroatoms. The van der Waals surface area contributed by atoms with Crippen LogP contribution < -0.4 is 0 Å². The zero-order valence-electron chi connectivity index (χ0n) is 14.9. The lowest BCUT2D eigenvalue weighted by Gasteiger charge is -2.42. The Kier molecular flexibility index (Phi) is 4.25. The van der Waals surface area contributed by atoms with Gasteiger partial charge < -0.3 is 14.6 Å². The van der Waals surface area contributed by atoms with Gasteiger partial charge in [0.05, 0.1) is 23.2 Å². The lowest BCUT2D eigenvalue weighted by Crippen LogP contribution is -2.48. The van der Waals surface area contributed by atoms with E-state index >= 15 is 0 Å². The number of rotatable bonds is 1. The first-order chi connectivity index (χ1) is 12.8. The molecule has 1 N–H and O–H groups in total. The second-order valence-electron chi connectivity index (χ2n) is 7.26. The van der Waals surface area contributed by atoms with E-state index in [9.17, 15) is 18.0 Å². The van der Waals surface area contributed by atoms with Gasteiger partial charge in [0.1, 0.15) is 0 Å². The Morgan fingerprint density at radius 1 is 1.30 bits per heavy atom. The molecule has 2 aliphatic heterocycles. The largest absolute Gasteiger partial charge is 0.449 e. The molecule has 144 valence electrons. The molecule has 0 saturated carbocycles. The van der Waals surface area contributed by atoms with E-state index in [2.05, 4.69) is 23.0 Å². The summed E-state index contributed by atoms with van der Waals surface area (Å²) in [5.74, 6) is -1.25. The van der Waals surface area contributed by atoms with Crippen molar-refractivity contribution < 1.29 is 22.7 Å². The Labute approximate surface area is 154 Å². The van der Waals surface area contributed by atoms with Gasteiger partial charge in [-0.2, -0.15) is 13.2 Å². The van der Waals surface area contributed by atoms with Gasteiger partial charge in [-0.05, 0) is 44.4 Å². The minimum atomic E-state index is -4.55. The molecule has 0 atom stereocenters. The molecular weight excluding hydrogens is 359 g/mol. The number of imidazole rings is 1. The smallest absolute Gasteiger partial charge is 0.370 e. The number of carbonyl (C=O) groups is 1. The topological polar surface area (TPSA) is 58.2 Å². The van der Waals surface area contributed by atoms with Crippen LogP contribution in [0.2, 0.25) is 0 Å². The highest BCUT2D eigenvalue weighted by Crippen LogP contribution is 2.34. The SMILES string of the molecule is CC1=CC2(CCN(C(=O)c3ccc4nc(C(F)(F)F)[nH]c4c3)CC2)OCC1. The van der Waals surface area contributed by atoms with Crippen molar-refractivity contribution in [2.75, 3.05) is 19.7 Å². The maximum absolute atomic E-state index is 12.8. The number of alkyl halides is 3. The third-order valence-electron chi connectivity index (χ3n) is 5.29. The average Bonchev–Trinajstić information content (AvgIpc) is 3.05. The molecule has 2 aromatic rings. The molecule has 1 aromatic heterocycles. The highest BCUT2D eigenvalue weighted by Gasteiger charge is 2.37. The number of carbonyl (C=O) groups excluding carboxylic acids is 1. The average molecular weight is 379 g/mol. The van der Waals surface area contributed by atoms with E-state index in [4.69, 9.17) is 4.74 Å². The summed E-state index contributed by atoms with van der Waals surface area (Å²) in [7, 11) is 0. The number of piperidine rings is 1. The van der Waals surface area contributed by atoms with Crippen LogP contribution in [0.15, 0.2) is 29.8 Å². The van der Waals surface area contributed by atoms with Crippen LogP contribution in [0.1, 0.15) is 42.4 Å². The van der Waals surface area contributed by atoms with Crippen molar-refractivity contribution in [3.8, 4) is 0 Å². The monoisotopic (exact) mass is 379 g/mol. The number of benzene rings is 1. The Hall–Kier alpha value is -2.35. The van der Waals surface area contributed by atoms with Crippen molar-refractivity contribution in [3.05, 3.63) is 41.2 Å². The van der Waals surface area contributed by atoms with Crippen molar-refractivity contribution in [2.45, 2.75) is 38.0 Å². The first-order valence-electron chi connectivity index (χ1n) is 8.94. The molecule has 5 nitrogen and oxygen atoms in total. The molecule has 27 heavy (non-hydrogen) atoms. The zero-order valence-corrected chi connectivity index (χ0v) is 14.9. The molecule has 1 amide bonds. The summed E-state index contributed by atoms with van der Waals surface area (Å²) >= 11 is 0. The Balaban J connectivity index is 1.51. The van der Waals surface area contributed by atoms with Gasteiger partial charge in [0.2, 0.25) is 5.82 Å². The van der Waals surface area contributed by atoms with Gasteiger partial charge in [0.25, 0.3) is 5.91 Å². The molecule has 1 spiro atoms.